The van der Waals surface area contributed by atoms with Gasteiger partial charge in [0.2, 0.25) is 0 Å². The summed E-state index contributed by atoms with van der Waals surface area (Å²) in [6.07, 6.45) is 3.26. The van der Waals surface area contributed by atoms with E-state index in [9.17, 15) is 14.9 Å². The minimum Gasteiger partial charge on any atom is -0.462 e. The molecule has 6 nitrogen and oxygen atoms in total. The number of hydrogen-bond acceptors (Lipinski definition) is 5. The van der Waals surface area contributed by atoms with Gasteiger partial charge in [-0.25, -0.2) is 4.79 Å². The molecule has 0 aliphatic carbocycles. The first-order valence-electron chi connectivity index (χ1n) is 5.76. The van der Waals surface area contributed by atoms with Gasteiger partial charge in [-0.15, -0.1) is 0 Å². The fourth-order valence-electron chi connectivity index (χ4n) is 1.43. The van der Waals surface area contributed by atoms with Gasteiger partial charge in [-0.2, -0.15) is 0 Å². The van der Waals surface area contributed by atoms with E-state index in [0.29, 0.717) is 11.1 Å². The van der Waals surface area contributed by atoms with Gasteiger partial charge in [-0.05, 0) is 31.3 Å². The molecule has 1 aromatic carbocycles. The smallest absolute Gasteiger partial charge is 0.338 e. The summed E-state index contributed by atoms with van der Waals surface area (Å²) in [6, 6.07) is 4.15. The lowest BCUT2D eigenvalue weighted by Crippen LogP contribution is -2.06. The maximum absolute atomic E-state index is 11.6. The molecule has 0 amide bonds. The standard InChI is InChI=1S/C13H16N2O4/c1-4-19-13(16)11-5-6-12(15(17)18)10(9-11)7-8-14(2)3/h5-9H,4H2,1-3H3. The fourth-order valence-corrected chi connectivity index (χ4v) is 1.43. The van der Waals surface area contributed by atoms with Crippen LogP contribution in [0, 0.1) is 10.1 Å². The molecule has 102 valence electrons. The van der Waals surface area contributed by atoms with Gasteiger partial charge < -0.3 is 9.64 Å². The number of esters is 1. The molecular formula is C13H16N2O4. The second-order valence-corrected chi connectivity index (χ2v) is 4.03. The van der Waals surface area contributed by atoms with Gasteiger partial charge in [-0.3, -0.25) is 10.1 Å². The van der Waals surface area contributed by atoms with Crippen LogP contribution in [0.5, 0.6) is 0 Å². The Balaban J connectivity index is 3.18. The Hall–Kier alpha value is -2.37. The molecule has 0 unspecified atom stereocenters. The van der Waals surface area contributed by atoms with Crippen LogP contribution in [-0.4, -0.2) is 36.5 Å². The maximum atomic E-state index is 11.6. The minimum atomic E-state index is -0.489. The van der Waals surface area contributed by atoms with E-state index in [1.54, 1.807) is 38.2 Å². The van der Waals surface area contributed by atoms with Crippen LogP contribution in [0.1, 0.15) is 22.8 Å². The van der Waals surface area contributed by atoms with Gasteiger partial charge >= 0.3 is 5.97 Å². The normalized spacial score (nSPS) is 10.5. The van der Waals surface area contributed by atoms with E-state index in [2.05, 4.69) is 0 Å². The van der Waals surface area contributed by atoms with Crippen LogP contribution >= 0.6 is 0 Å². The molecule has 0 saturated carbocycles. The predicted molar refractivity (Wildman–Crippen MR) is 71.8 cm³/mol. The first-order chi connectivity index (χ1) is 8.95. The number of benzene rings is 1. The zero-order valence-electron chi connectivity index (χ0n) is 11.1. The van der Waals surface area contributed by atoms with Gasteiger partial charge in [0.05, 0.1) is 22.7 Å². The van der Waals surface area contributed by atoms with E-state index in [1.807, 2.05) is 0 Å². The summed E-state index contributed by atoms with van der Waals surface area (Å²) >= 11 is 0. The van der Waals surface area contributed by atoms with Gasteiger partial charge in [0.15, 0.2) is 0 Å². The molecule has 1 aromatic rings. The van der Waals surface area contributed by atoms with Crippen LogP contribution in [0.25, 0.3) is 6.08 Å². The Morgan fingerprint density at radius 2 is 2.16 bits per heavy atom. The molecule has 0 radical (unpaired) electrons. The molecular weight excluding hydrogens is 248 g/mol. The summed E-state index contributed by atoms with van der Waals surface area (Å²) < 4.78 is 4.87. The number of nitro benzene ring substituents is 1. The average molecular weight is 264 g/mol. The molecule has 6 heteroatoms. The van der Waals surface area contributed by atoms with Gasteiger partial charge in [0.1, 0.15) is 0 Å². The number of rotatable bonds is 5. The first-order valence-corrected chi connectivity index (χ1v) is 5.76. The molecule has 0 fully saturated rings. The third-order valence-corrected chi connectivity index (χ3v) is 2.29. The van der Waals surface area contributed by atoms with Crippen LogP contribution in [0.4, 0.5) is 5.69 Å². The Bertz CT molecular complexity index is 509. The summed E-state index contributed by atoms with van der Waals surface area (Å²) in [4.78, 5) is 23.8. The summed E-state index contributed by atoms with van der Waals surface area (Å²) in [5, 5.41) is 10.9. The second-order valence-electron chi connectivity index (χ2n) is 4.03. The summed E-state index contributed by atoms with van der Waals surface area (Å²) in [5.41, 5.74) is 0.612. The Morgan fingerprint density at radius 1 is 1.47 bits per heavy atom. The summed E-state index contributed by atoms with van der Waals surface area (Å²) in [7, 11) is 3.61. The highest BCUT2D eigenvalue weighted by Crippen LogP contribution is 2.22. The zero-order valence-corrected chi connectivity index (χ0v) is 11.1. The highest BCUT2D eigenvalue weighted by atomic mass is 16.6. The predicted octanol–water partition coefficient (Wildman–Crippen LogP) is 2.30. The molecule has 0 aliphatic heterocycles. The largest absolute Gasteiger partial charge is 0.462 e. The average Bonchev–Trinajstić information content (AvgIpc) is 2.36. The van der Waals surface area contributed by atoms with E-state index >= 15 is 0 Å². The lowest BCUT2D eigenvalue weighted by Gasteiger charge is -2.06. The van der Waals surface area contributed by atoms with E-state index < -0.39 is 10.9 Å². The molecule has 0 bridgehead atoms. The van der Waals surface area contributed by atoms with Gasteiger partial charge in [-0.1, -0.05) is 0 Å². The Morgan fingerprint density at radius 3 is 2.68 bits per heavy atom. The highest BCUT2D eigenvalue weighted by molar-refractivity contribution is 5.90. The van der Waals surface area contributed by atoms with Crippen LogP contribution < -0.4 is 0 Å². The van der Waals surface area contributed by atoms with E-state index in [4.69, 9.17) is 4.74 Å². The molecule has 0 N–H and O–H groups in total. The topological polar surface area (TPSA) is 72.7 Å². The van der Waals surface area contributed by atoms with E-state index in [0.717, 1.165) is 0 Å². The highest BCUT2D eigenvalue weighted by Gasteiger charge is 2.15. The van der Waals surface area contributed by atoms with Crippen LogP contribution in [0.15, 0.2) is 24.4 Å². The third-order valence-electron chi connectivity index (χ3n) is 2.29. The van der Waals surface area contributed by atoms with Crippen molar-refractivity contribution in [2.75, 3.05) is 20.7 Å². The van der Waals surface area contributed by atoms with Crippen molar-refractivity contribution in [2.45, 2.75) is 6.92 Å². The summed E-state index contributed by atoms with van der Waals surface area (Å²) in [5.74, 6) is -0.489. The number of carbonyl (C=O) groups excluding carboxylic acids is 1. The van der Waals surface area contributed by atoms with Crippen molar-refractivity contribution >= 4 is 17.7 Å². The van der Waals surface area contributed by atoms with Crippen LogP contribution in [-0.2, 0) is 4.74 Å². The van der Waals surface area contributed by atoms with Crippen molar-refractivity contribution in [1.29, 1.82) is 0 Å². The number of nitro groups is 1. The SMILES string of the molecule is CCOC(=O)c1ccc([N+](=O)[O-])c(C=CN(C)C)c1. The van der Waals surface area contributed by atoms with Crippen LogP contribution in [0.3, 0.4) is 0 Å². The third kappa shape index (κ3) is 4.09. The Labute approximate surface area is 111 Å². The Kier molecular flexibility index (Phi) is 5.05. The van der Waals surface area contributed by atoms with Gasteiger partial charge in [0.25, 0.3) is 5.69 Å². The van der Waals surface area contributed by atoms with Gasteiger partial charge in [0, 0.05) is 20.2 Å². The van der Waals surface area contributed by atoms with Crippen molar-refractivity contribution in [3.8, 4) is 0 Å². The van der Waals surface area contributed by atoms with Crippen molar-refractivity contribution < 1.29 is 14.5 Å². The van der Waals surface area contributed by atoms with Crippen molar-refractivity contribution in [3.05, 3.63) is 45.6 Å². The van der Waals surface area contributed by atoms with E-state index in [-0.39, 0.29) is 12.3 Å². The minimum absolute atomic E-state index is 0.0499. The molecule has 0 aliphatic rings. The number of ether oxygens (including phenoxy) is 1. The lowest BCUT2D eigenvalue weighted by molar-refractivity contribution is -0.385. The molecule has 0 saturated heterocycles. The first kappa shape index (κ1) is 14.7. The quantitative estimate of drug-likeness (QED) is 0.463. The molecule has 0 heterocycles. The number of hydrogen-bond donors (Lipinski definition) is 0. The van der Waals surface area contributed by atoms with E-state index in [1.165, 1.54) is 18.2 Å². The zero-order chi connectivity index (χ0) is 14.4. The second kappa shape index (κ2) is 6.53. The molecule has 0 atom stereocenters. The monoisotopic (exact) mass is 264 g/mol. The van der Waals surface area contributed by atoms with Crippen molar-refractivity contribution in [2.24, 2.45) is 0 Å². The molecule has 0 spiro atoms. The number of carbonyl (C=O) groups is 1. The van der Waals surface area contributed by atoms with Crippen molar-refractivity contribution in [3.63, 3.8) is 0 Å². The maximum Gasteiger partial charge on any atom is 0.338 e. The molecule has 0 aromatic heterocycles. The fraction of sp³-hybridized carbons (Fsp3) is 0.308. The molecule has 1 rings (SSSR count). The van der Waals surface area contributed by atoms with Crippen LogP contribution in [0.2, 0.25) is 0 Å². The summed E-state index contributed by atoms with van der Waals surface area (Å²) in [6.45, 7) is 1.97. The van der Waals surface area contributed by atoms with Crippen molar-refractivity contribution in [1.82, 2.24) is 4.90 Å². The molecule has 19 heavy (non-hydrogen) atoms. The lowest BCUT2D eigenvalue weighted by atomic mass is 10.1. The number of nitrogens with zero attached hydrogens (tertiary/aromatic N) is 2.